The Balaban J connectivity index is 1.55. The van der Waals surface area contributed by atoms with Crippen LogP contribution in [0.3, 0.4) is 0 Å². The van der Waals surface area contributed by atoms with E-state index < -0.39 is 24.1 Å². The molecule has 1 spiro atoms. The Morgan fingerprint density at radius 3 is 2.58 bits per heavy atom. The van der Waals surface area contributed by atoms with E-state index in [2.05, 4.69) is 36.1 Å². The maximum Gasteiger partial charge on any atom is 0.387 e. The number of urea groups is 1. The number of ether oxygens (including phenoxy) is 1. The van der Waals surface area contributed by atoms with Gasteiger partial charge in [0.25, 0.3) is 5.91 Å². The molecule has 1 aromatic rings. The Hall–Kier alpha value is -2.71. The SMILES string of the molecule is CC(C)(C)C1CCC2(CC1)NC(=O)N(CC(=O)NCc1cccc(OC(F)F)c1)C2=O. The summed E-state index contributed by atoms with van der Waals surface area (Å²) in [7, 11) is 0. The number of amides is 4. The number of halogens is 2. The van der Waals surface area contributed by atoms with Gasteiger partial charge in [0.2, 0.25) is 5.91 Å². The van der Waals surface area contributed by atoms with Crippen molar-refractivity contribution >= 4 is 17.8 Å². The van der Waals surface area contributed by atoms with Crippen LogP contribution >= 0.6 is 0 Å². The van der Waals surface area contributed by atoms with Crippen LogP contribution < -0.4 is 15.4 Å². The number of hydrogen-bond acceptors (Lipinski definition) is 4. The van der Waals surface area contributed by atoms with Gasteiger partial charge in [-0.25, -0.2) is 4.79 Å². The zero-order chi connectivity index (χ0) is 22.8. The minimum absolute atomic E-state index is 0.0105. The highest BCUT2D eigenvalue weighted by Gasteiger charge is 2.53. The van der Waals surface area contributed by atoms with E-state index in [1.165, 1.54) is 18.2 Å². The van der Waals surface area contributed by atoms with Gasteiger partial charge < -0.3 is 15.4 Å². The molecular formula is C22H29F2N3O4. The molecule has 1 heterocycles. The third-order valence-electron chi connectivity index (χ3n) is 6.22. The number of carbonyl (C=O) groups excluding carboxylic acids is 3. The number of nitrogens with zero attached hydrogens (tertiary/aromatic N) is 1. The second-order valence-electron chi connectivity index (χ2n) is 9.35. The quantitative estimate of drug-likeness (QED) is 0.668. The van der Waals surface area contributed by atoms with Gasteiger partial charge in [-0.05, 0) is 54.7 Å². The number of imide groups is 1. The van der Waals surface area contributed by atoms with E-state index in [1.807, 2.05) is 0 Å². The van der Waals surface area contributed by atoms with Gasteiger partial charge >= 0.3 is 12.6 Å². The number of nitrogens with one attached hydrogen (secondary N) is 2. The normalized spacial score (nSPS) is 23.9. The third-order valence-corrected chi connectivity index (χ3v) is 6.22. The van der Waals surface area contributed by atoms with Crippen molar-refractivity contribution in [3.05, 3.63) is 29.8 Å². The van der Waals surface area contributed by atoms with Gasteiger partial charge in [-0.2, -0.15) is 8.78 Å². The summed E-state index contributed by atoms with van der Waals surface area (Å²) in [5.41, 5.74) is -0.217. The molecule has 1 saturated carbocycles. The standard InChI is InChI=1S/C22H29F2N3O4/c1-21(2,3)15-7-9-22(10-8-15)18(29)27(20(30)26-22)13-17(28)25-12-14-5-4-6-16(11-14)31-19(23)24/h4-6,11,15,19H,7-10,12-13H2,1-3H3,(H,25,28)(H,26,30). The summed E-state index contributed by atoms with van der Waals surface area (Å²) < 4.78 is 29.0. The smallest absolute Gasteiger partial charge is 0.387 e. The minimum Gasteiger partial charge on any atom is -0.435 e. The third kappa shape index (κ3) is 5.32. The van der Waals surface area contributed by atoms with Crippen LogP contribution in [-0.2, 0) is 16.1 Å². The summed E-state index contributed by atoms with van der Waals surface area (Å²) >= 11 is 0. The van der Waals surface area contributed by atoms with Crippen LogP contribution in [0.25, 0.3) is 0 Å². The van der Waals surface area contributed by atoms with Crippen molar-refractivity contribution in [1.82, 2.24) is 15.5 Å². The van der Waals surface area contributed by atoms with Crippen molar-refractivity contribution in [2.24, 2.45) is 11.3 Å². The second-order valence-corrected chi connectivity index (χ2v) is 9.35. The van der Waals surface area contributed by atoms with E-state index in [0.717, 1.165) is 17.7 Å². The fourth-order valence-corrected chi connectivity index (χ4v) is 4.37. The van der Waals surface area contributed by atoms with E-state index >= 15 is 0 Å². The summed E-state index contributed by atoms with van der Waals surface area (Å²) in [6.45, 7) is 3.27. The molecule has 7 nitrogen and oxygen atoms in total. The van der Waals surface area contributed by atoms with E-state index in [-0.39, 0.29) is 30.2 Å². The van der Waals surface area contributed by atoms with Gasteiger partial charge in [0.05, 0.1) is 0 Å². The lowest BCUT2D eigenvalue weighted by Gasteiger charge is -2.40. The first kappa shape index (κ1) is 23.0. The molecule has 9 heteroatoms. The van der Waals surface area contributed by atoms with Crippen molar-refractivity contribution in [1.29, 1.82) is 0 Å². The topological polar surface area (TPSA) is 87.7 Å². The largest absolute Gasteiger partial charge is 0.435 e. The number of rotatable bonds is 6. The van der Waals surface area contributed by atoms with E-state index in [9.17, 15) is 23.2 Å². The zero-order valence-electron chi connectivity index (χ0n) is 18.0. The number of hydrogen-bond donors (Lipinski definition) is 2. The molecule has 1 aliphatic carbocycles. The molecule has 0 aromatic heterocycles. The molecule has 0 atom stereocenters. The van der Waals surface area contributed by atoms with Crippen LogP contribution in [0.5, 0.6) is 5.75 Å². The average Bonchev–Trinajstić information content (AvgIpc) is 2.90. The van der Waals surface area contributed by atoms with E-state index in [0.29, 0.717) is 24.3 Å². The van der Waals surface area contributed by atoms with Crippen LogP contribution in [-0.4, -0.2) is 41.4 Å². The fraction of sp³-hybridized carbons (Fsp3) is 0.591. The lowest BCUT2D eigenvalue weighted by Crippen LogP contribution is -2.51. The van der Waals surface area contributed by atoms with Crippen LogP contribution in [0.2, 0.25) is 0 Å². The molecule has 1 aliphatic heterocycles. The molecular weight excluding hydrogens is 408 g/mol. The summed E-state index contributed by atoms with van der Waals surface area (Å²) in [6, 6.07) is 5.41. The predicted molar refractivity (Wildman–Crippen MR) is 109 cm³/mol. The zero-order valence-corrected chi connectivity index (χ0v) is 18.0. The summed E-state index contributed by atoms with van der Waals surface area (Å²) in [4.78, 5) is 38.7. The predicted octanol–water partition coefficient (Wildman–Crippen LogP) is 3.43. The minimum atomic E-state index is -2.93. The van der Waals surface area contributed by atoms with Gasteiger partial charge in [0.15, 0.2) is 0 Å². The first-order valence-electron chi connectivity index (χ1n) is 10.4. The van der Waals surface area contributed by atoms with Gasteiger partial charge in [0.1, 0.15) is 17.8 Å². The van der Waals surface area contributed by atoms with Crippen molar-refractivity contribution in [3.8, 4) is 5.75 Å². The number of alkyl halides is 2. The highest BCUT2D eigenvalue weighted by molar-refractivity contribution is 6.09. The van der Waals surface area contributed by atoms with Crippen molar-refractivity contribution in [2.75, 3.05) is 6.54 Å². The highest BCUT2D eigenvalue weighted by atomic mass is 19.3. The molecule has 1 saturated heterocycles. The van der Waals surface area contributed by atoms with Crippen molar-refractivity contribution < 1.29 is 27.9 Å². The van der Waals surface area contributed by atoms with Crippen LogP contribution in [0, 0.1) is 11.3 Å². The Kier molecular flexibility index (Phi) is 6.52. The second kappa shape index (κ2) is 8.80. The van der Waals surface area contributed by atoms with Crippen LogP contribution in [0.1, 0.15) is 52.0 Å². The molecule has 170 valence electrons. The molecule has 0 radical (unpaired) electrons. The lowest BCUT2D eigenvalue weighted by molar-refractivity contribution is -0.136. The summed E-state index contributed by atoms with van der Waals surface area (Å²) in [6.07, 6.45) is 2.81. The first-order chi connectivity index (χ1) is 14.5. The lowest BCUT2D eigenvalue weighted by atomic mass is 9.67. The van der Waals surface area contributed by atoms with Crippen molar-refractivity contribution in [3.63, 3.8) is 0 Å². The Morgan fingerprint density at radius 2 is 1.97 bits per heavy atom. The number of carbonyl (C=O) groups is 3. The maximum absolute atomic E-state index is 13.0. The molecule has 0 unspecified atom stereocenters. The molecule has 31 heavy (non-hydrogen) atoms. The van der Waals surface area contributed by atoms with Gasteiger partial charge in [-0.1, -0.05) is 32.9 Å². The Labute approximate surface area is 180 Å². The average molecular weight is 437 g/mol. The summed E-state index contributed by atoms with van der Waals surface area (Å²) in [5, 5.41) is 5.43. The molecule has 3 rings (SSSR count). The molecule has 2 aliphatic rings. The van der Waals surface area contributed by atoms with Crippen LogP contribution in [0.15, 0.2) is 24.3 Å². The van der Waals surface area contributed by atoms with E-state index in [1.54, 1.807) is 6.07 Å². The molecule has 4 amide bonds. The highest BCUT2D eigenvalue weighted by Crippen LogP contribution is 2.43. The molecule has 1 aromatic carbocycles. The molecule has 2 fully saturated rings. The first-order valence-corrected chi connectivity index (χ1v) is 10.4. The van der Waals surface area contributed by atoms with Gasteiger partial charge in [0, 0.05) is 6.54 Å². The summed E-state index contributed by atoms with van der Waals surface area (Å²) in [5.74, 6) is -0.398. The van der Waals surface area contributed by atoms with Gasteiger partial charge in [-0.3, -0.25) is 14.5 Å². The Morgan fingerprint density at radius 1 is 1.29 bits per heavy atom. The Bertz CT molecular complexity index is 845. The number of benzene rings is 1. The van der Waals surface area contributed by atoms with Crippen molar-refractivity contribution in [2.45, 2.75) is 65.1 Å². The van der Waals surface area contributed by atoms with E-state index in [4.69, 9.17) is 0 Å². The van der Waals surface area contributed by atoms with Gasteiger partial charge in [-0.15, -0.1) is 0 Å². The monoisotopic (exact) mass is 437 g/mol. The fourth-order valence-electron chi connectivity index (χ4n) is 4.37. The maximum atomic E-state index is 13.0. The molecule has 0 bridgehead atoms. The molecule has 2 N–H and O–H groups in total. The van der Waals surface area contributed by atoms with Crippen LogP contribution in [0.4, 0.5) is 13.6 Å².